The van der Waals surface area contributed by atoms with Crippen molar-refractivity contribution in [3.05, 3.63) is 64.9 Å². The normalized spacial score (nSPS) is 14.4. The molecule has 1 aliphatic carbocycles. The summed E-state index contributed by atoms with van der Waals surface area (Å²) in [5, 5.41) is 6.74. The number of aromatic nitrogens is 2. The van der Waals surface area contributed by atoms with Crippen LogP contribution < -0.4 is 10.6 Å². The second-order valence-corrected chi connectivity index (χ2v) is 8.81. The van der Waals surface area contributed by atoms with Crippen molar-refractivity contribution in [2.45, 2.75) is 57.5 Å². The van der Waals surface area contributed by atoms with Crippen LogP contribution in [-0.4, -0.2) is 34.0 Å². The molecule has 0 unspecified atom stereocenters. The van der Waals surface area contributed by atoms with Gasteiger partial charge < -0.3 is 15.2 Å². The molecule has 0 radical (unpaired) electrons. The zero-order chi connectivity index (χ0) is 22.3. The van der Waals surface area contributed by atoms with Gasteiger partial charge in [0.1, 0.15) is 12.4 Å². The highest BCUT2D eigenvalue weighted by Gasteiger charge is 2.18. The van der Waals surface area contributed by atoms with Gasteiger partial charge in [-0.15, -0.1) is 0 Å². The largest absolute Gasteiger partial charge is 0.352 e. The molecule has 0 bridgehead atoms. The van der Waals surface area contributed by atoms with Crippen LogP contribution in [0.5, 0.6) is 0 Å². The zero-order valence-electron chi connectivity index (χ0n) is 18.1. The number of benzene rings is 2. The molecule has 1 aliphatic rings. The third kappa shape index (κ3) is 5.68. The molecular weight excluding hydrogens is 424 g/mol. The van der Waals surface area contributed by atoms with Gasteiger partial charge in [0, 0.05) is 29.6 Å². The number of imidazole rings is 1. The topological polar surface area (TPSA) is 76.0 Å². The highest BCUT2D eigenvalue weighted by Crippen LogP contribution is 2.19. The molecule has 2 amide bonds. The van der Waals surface area contributed by atoms with Crippen LogP contribution in [0.25, 0.3) is 11.0 Å². The van der Waals surface area contributed by atoms with Gasteiger partial charge in [-0.2, -0.15) is 0 Å². The van der Waals surface area contributed by atoms with Crippen LogP contribution in [0.1, 0.15) is 54.7 Å². The molecule has 2 aromatic carbocycles. The van der Waals surface area contributed by atoms with Crippen LogP contribution in [0.15, 0.2) is 48.5 Å². The molecule has 1 aromatic heterocycles. The van der Waals surface area contributed by atoms with Gasteiger partial charge in [0.15, 0.2) is 0 Å². The Bertz CT molecular complexity index is 1070. The molecule has 1 heterocycles. The fourth-order valence-electron chi connectivity index (χ4n) is 4.31. The van der Waals surface area contributed by atoms with Gasteiger partial charge in [0.05, 0.1) is 11.0 Å². The average molecular weight is 453 g/mol. The molecular formula is C25H29ClN4O2. The van der Waals surface area contributed by atoms with E-state index in [1.807, 2.05) is 28.8 Å². The van der Waals surface area contributed by atoms with E-state index in [0.717, 1.165) is 36.1 Å². The number of carbonyl (C=O) groups excluding carboxylic acids is 2. The lowest BCUT2D eigenvalue weighted by molar-refractivity contribution is -0.122. The summed E-state index contributed by atoms with van der Waals surface area (Å²) in [6, 6.07) is 15.0. The molecule has 6 nitrogen and oxygen atoms in total. The maximum absolute atomic E-state index is 12.7. The van der Waals surface area contributed by atoms with Crippen LogP contribution >= 0.6 is 11.6 Å². The molecule has 1 fully saturated rings. The first kappa shape index (κ1) is 22.3. The number of amides is 2. The number of para-hydroxylation sites is 2. The SMILES string of the molecule is O=C(Cn1c(CCCNC(=O)c2ccc(Cl)cc2)nc2ccccc21)NC1CCCCC1. The second kappa shape index (κ2) is 10.6. The van der Waals surface area contributed by atoms with E-state index < -0.39 is 0 Å². The number of halogens is 1. The Labute approximate surface area is 193 Å². The summed E-state index contributed by atoms with van der Waals surface area (Å²) in [5.41, 5.74) is 2.44. The van der Waals surface area contributed by atoms with E-state index in [4.69, 9.17) is 16.6 Å². The van der Waals surface area contributed by atoms with E-state index in [-0.39, 0.29) is 24.4 Å². The standard InChI is InChI=1S/C25H29ClN4O2/c26-19-14-12-18(13-15-19)25(32)27-16-6-11-23-29-21-9-4-5-10-22(21)30(23)17-24(31)28-20-7-2-1-3-8-20/h4-5,9-10,12-15,20H,1-3,6-8,11,16-17H2,(H,27,32)(H,28,31). The van der Waals surface area contributed by atoms with Crippen LogP contribution in [0.3, 0.4) is 0 Å². The van der Waals surface area contributed by atoms with E-state index in [9.17, 15) is 9.59 Å². The van der Waals surface area contributed by atoms with Gasteiger partial charge in [-0.25, -0.2) is 4.98 Å². The Hall–Kier alpha value is -2.86. The molecule has 2 N–H and O–H groups in total. The number of hydrogen-bond donors (Lipinski definition) is 2. The van der Waals surface area contributed by atoms with Gasteiger partial charge in [-0.05, 0) is 55.7 Å². The Balaban J connectivity index is 1.37. The summed E-state index contributed by atoms with van der Waals surface area (Å²) in [6.07, 6.45) is 7.17. The lowest BCUT2D eigenvalue weighted by atomic mass is 9.95. The van der Waals surface area contributed by atoms with Crippen molar-refractivity contribution in [2.24, 2.45) is 0 Å². The minimum absolute atomic E-state index is 0.0392. The second-order valence-electron chi connectivity index (χ2n) is 8.37. The maximum atomic E-state index is 12.7. The van der Waals surface area contributed by atoms with Crippen LogP contribution in [0, 0.1) is 0 Å². The third-order valence-corrected chi connectivity index (χ3v) is 6.23. The number of nitrogens with zero attached hydrogens (tertiary/aromatic N) is 2. The number of aryl methyl sites for hydroxylation is 1. The molecule has 32 heavy (non-hydrogen) atoms. The number of carbonyl (C=O) groups is 2. The van der Waals surface area contributed by atoms with Crippen molar-refractivity contribution in [2.75, 3.05) is 6.54 Å². The van der Waals surface area contributed by atoms with E-state index in [1.54, 1.807) is 24.3 Å². The van der Waals surface area contributed by atoms with E-state index in [2.05, 4.69) is 10.6 Å². The van der Waals surface area contributed by atoms with Gasteiger partial charge in [0.2, 0.25) is 5.91 Å². The first-order chi connectivity index (χ1) is 15.6. The van der Waals surface area contributed by atoms with Crippen molar-refractivity contribution in [3.63, 3.8) is 0 Å². The van der Waals surface area contributed by atoms with Crippen molar-refractivity contribution < 1.29 is 9.59 Å². The highest BCUT2D eigenvalue weighted by molar-refractivity contribution is 6.30. The number of nitrogens with one attached hydrogen (secondary N) is 2. The van der Waals surface area contributed by atoms with Gasteiger partial charge in [0.25, 0.3) is 5.91 Å². The third-order valence-electron chi connectivity index (χ3n) is 5.97. The molecule has 0 spiro atoms. The van der Waals surface area contributed by atoms with Crippen LogP contribution in [0.4, 0.5) is 0 Å². The molecule has 0 atom stereocenters. The first-order valence-electron chi connectivity index (χ1n) is 11.4. The van der Waals surface area contributed by atoms with E-state index >= 15 is 0 Å². The smallest absolute Gasteiger partial charge is 0.251 e. The lowest BCUT2D eigenvalue weighted by Gasteiger charge is -2.23. The molecule has 3 aromatic rings. The maximum Gasteiger partial charge on any atom is 0.251 e. The van der Waals surface area contributed by atoms with Gasteiger partial charge >= 0.3 is 0 Å². The minimum Gasteiger partial charge on any atom is -0.352 e. The Morgan fingerprint density at radius 3 is 2.56 bits per heavy atom. The molecule has 0 saturated heterocycles. The predicted molar refractivity (Wildman–Crippen MR) is 127 cm³/mol. The number of fused-ring (bicyclic) bond motifs is 1. The summed E-state index contributed by atoms with van der Waals surface area (Å²) in [4.78, 5) is 29.8. The van der Waals surface area contributed by atoms with Crippen molar-refractivity contribution in [1.29, 1.82) is 0 Å². The van der Waals surface area contributed by atoms with E-state index in [1.165, 1.54) is 19.3 Å². The monoisotopic (exact) mass is 452 g/mol. The van der Waals surface area contributed by atoms with Crippen molar-refractivity contribution in [3.8, 4) is 0 Å². The summed E-state index contributed by atoms with van der Waals surface area (Å²) in [7, 11) is 0. The average Bonchev–Trinajstić information content (AvgIpc) is 3.15. The van der Waals surface area contributed by atoms with Gasteiger partial charge in [-0.1, -0.05) is 43.0 Å². The molecule has 0 aliphatic heterocycles. The van der Waals surface area contributed by atoms with Crippen LogP contribution in [0.2, 0.25) is 5.02 Å². The molecule has 168 valence electrons. The first-order valence-corrected chi connectivity index (χ1v) is 11.8. The van der Waals surface area contributed by atoms with E-state index in [0.29, 0.717) is 23.6 Å². The Morgan fingerprint density at radius 2 is 1.78 bits per heavy atom. The lowest BCUT2D eigenvalue weighted by Crippen LogP contribution is -2.38. The Morgan fingerprint density at radius 1 is 1.03 bits per heavy atom. The molecule has 1 saturated carbocycles. The summed E-state index contributed by atoms with van der Waals surface area (Å²) in [6.45, 7) is 0.794. The van der Waals surface area contributed by atoms with Crippen molar-refractivity contribution in [1.82, 2.24) is 20.2 Å². The van der Waals surface area contributed by atoms with Crippen molar-refractivity contribution >= 4 is 34.4 Å². The zero-order valence-corrected chi connectivity index (χ0v) is 18.9. The fourth-order valence-corrected chi connectivity index (χ4v) is 4.43. The summed E-state index contributed by atoms with van der Waals surface area (Å²) < 4.78 is 2.01. The Kier molecular flexibility index (Phi) is 7.43. The minimum atomic E-state index is -0.123. The van der Waals surface area contributed by atoms with Gasteiger partial charge in [-0.3, -0.25) is 9.59 Å². The summed E-state index contributed by atoms with van der Waals surface area (Å²) in [5.74, 6) is 0.783. The quantitative estimate of drug-likeness (QED) is 0.494. The highest BCUT2D eigenvalue weighted by atomic mass is 35.5. The summed E-state index contributed by atoms with van der Waals surface area (Å²) >= 11 is 5.88. The number of hydrogen-bond acceptors (Lipinski definition) is 3. The molecule has 7 heteroatoms. The van der Waals surface area contributed by atoms with Crippen LogP contribution in [-0.2, 0) is 17.8 Å². The molecule has 4 rings (SSSR count). The predicted octanol–water partition coefficient (Wildman–Crippen LogP) is 4.50. The number of rotatable bonds is 8. The fraction of sp³-hybridized carbons (Fsp3) is 0.400.